The van der Waals surface area contributed by atoms with Crippen LogP contribution in [0.1, 0.15) is 51.4 Å². The molecular formula is C62H129O52P5Si7. The van der Waals surface area contributed by atoms with E-state index in [-0.39, 0.29) is 167 Å². The first-order chi connectivity index (χ1) is 59.1. The Balaban J connectivity index is 2.34. The standard InChI is InChI=1S/C62H129O52P5Si7/c1-85-38-56(107-61(68)49-118(79,80)81)41-100-24-17-31-126(113-124(94-10)29-15-23-99-40-55(44-104-59(66)47-116(73,74)75)102-37-53(64)36-97-20-16-30-125(111-124,114-126)109-62(69)50-119(82,83)84)112-123(93-9,110-122(91-7,92-8)27-13-22-98-39-54(86-2)43-103-58(65)46-115(70,71)72)28-14-18-95-33-51-32-52(63)35-96-19-12-26-121(89-5,90-6)108-57(45-105-60(67)48-117(76,77)78)42-101-21-11-25-120(87-3,88-4)106-34-51/h51-57,63-64H,11-50H2,1-10H3,(H2,70,71,72)(H2,73,74,75)(H2,76,77,78)(H2,79,80,81)(H2,82,83,84). The summed E-state index contributed by atoms with van der Waals surface area (Å²) in [5.41, 5.74) is 0. The quantitative estimate of drug-likeness (QED) is 0.0112. The maximum absolute atomic E-state index is 14.3. The molecule has 3 rings (SSSR count). The van der Waals surface area contributed by atoms with E-state index in [2.05, 4.69) is 0 Å². The molecule has 3 saturated heterocycles. The fraction of sp³-hybridized carbons (Fsp3) is 0.919. The highest BCUT2D eigenvalue weighted by atomic mass is 31.2. The van der Waals surface area contributed by atoms with Crippen LogP contribution < -0.4 is 0 Å². The monoisotopic (exact) mass is 2060 g/mol. The van der Waals surface area contributed by atoms with Crippen molar-refractivity contribution in [2.45, 2.75) is 130 Å². The molecule has 0 saturated carbocycles. The Kier molecular flexibility index (Phi) is 56.1. The summed E-state index contributed by atoms with van der Waals surface area (Å²) in [6, 6.07) is -1.43. The molecule has 3 heterocycles. The van der Waals surface area contributed by atoms with E-state index in [1.807, 2.05) is 0 Å². The van der Waals surface area contributed by atoms with Gasteiger partial charge in [0.25, 0.3) is 0 Å². The average Bonchev–Trinajstić information content (AvgIpc) is 0.735. The Labute approximate surface area is 737 Å². The number of rotatable bonds is 51. The number of hydrogen-bond donors (Lipinski definition) is 12. The van der Waals surface area contributed by atoms with E-state index in [0.29, 0.717) is 0 Å². The smallest absolute Gasteiger partial charge is 0.474 e. The van der Waals surface area contributed by atoms with Gasteiger partial charge in [0.05, 0.1) is 65.6 Å². The zero-order chi connectivity index (χ0) is 94.4. The van der Waals surface area contributed by atoms with Crippen LogP contribution in [0.5, 0.6) is 0 Å². The molecule has 0 aromatic rings. The molecule has 742 valence electrons. The van der Waals surface area contributed by atoms with Gasteiger partial charge in [0.15, 0.2) is 0 Å². The van der Waals surface area contributed by atoms with Crippen molar-refractivity contribution in [2.24, 2.45) is 5.92 Å². The molecule has 3 aliphatic heterocycles. The van der Waals surface area contributed by atoms with Crippen LogP contribution in [-0.2, 0) is 182 Å². The number of aliphatic hydroxyl groups excluding tert-OH is 2. The largest absolute Gasteiger partial charge is 0.553 e. The summed E-state index contributed by atoms with van der Waals surface area (Å²) in [6.07, 6.45) is -13.6. The van der Waals surface area contributed by atoms with E-state index in [9.17, 15) is 106 Å². The zero-order valence-corrected chi connectivity index (χ0v) is 83.7. The molecule has 2 bridgehead atoms. The fourth-order valence-corrected chi connectivity index (χ4v) is 41.9. The number of esters is 4. The van der Waals surface area contributed by atoms with Crippen LogP contribution >= 0.6 is 38.0 Å². The lowest BCUT2D eigenvalue weighted by molar-refractivity contribution is -0.152. The molecule has 11 atom stereocenters. The maximum Gasteiger partial charge on any atom is 0.553 e. The number of ether oxygens (including phenoxy) is 14. The first-order valence-corrected chi connectivity index (χ1v) is 62.0. The number of aliphatic hydroxyl groups is 2. The number of methoxy groups -OCH3 is 2. The van der Waals surface area contributed by atoms with Gasteiger partial charge >= 0.3 is 129 Å². The van der Waals surface area contributed by atoms with Crippen molar-refractivity contribution in [1.82, 2.24) is 0 Å². The summed E-state index contributed by atoms with van der Waals surface area (Å²) >= 11 is 0. The summed E-state index contributed by atoms with van der Waals surface area (Å²) in [5.74, 6) is -7.18. The summed E-state index contributed by atoms with van der Waals surface area (Å²) in [6.45, 7) is -5.85. The molecular weight excluding hydrogens is 1930 g/mol. The van der Waals surface area contributed by atoms with Crippen molar-refractivity contribution in [2.75, 3.05) is 234 Å². The third-order valence-electron chi connectivity index (χ3n) is 17.9. The number of carbonyl (C=O) groups is 5. The molecule has 12 N–H and O–H groups in total. The minimum Gasteiger partial charge on any atom is -0.474 e. The minimum absolute atomic E-state index is 0.0159. The Bertz CT molecular complexity index is 3380. The van der Waals surface area contributed by atoms with E-state index >= 15 is 0 Å². The second-order valence-corrected chi connectivity index (χ2v) is 58.0. The van der Waals surface area contributed by atoms with Crippen molar-refractivity contribution >= 4 is 129 Å². The van der Waals surface area contributed by atoms with E-state index in [1.54, 1.807) is 0 Å². The van der Waals surface area contributed by atoms with Gasteiger partial charge in [0.1, 0.15) is 81.2 Å². The molecule has 0 aromatic carbocycles. The van der Waals surface area contributed by atoms with Crippen LogP contribution in [0.4, 0.5) is 0 Å². The molecule has 52 nitrogen and oxygen atoms in total. The summed E-state index contributed by atoms with van der Waals surface area (Å²) in [4.78, 5) is 160. The SMILES string of the molecule is COCC(COCCC[Si]1(O[Si](CCCOCC2CO[Si](OC)(OC)CCCOCC(COC(=O)CP(=O)(O)O)O[Si](OC)(OC)CCCOCC(O)C2)(OC)O[Si](CCCOCC(COC(=O)CP(=O)(O)O)OC)(OC)OC)O[Si]2(OC)CCCOCC(COC(=O)CP(=O)(O)O)OCC(O)COCCC[Si](OC(=O)CP(=O)(O)O)(O2)O1)OC(=O)CP(=O)(O)O. The molecule has 0 aromatic heterocycles. The number of hydrogen-bond acceptors (Lipinski definition) is 42. The van der Waals surface area contributed by atoms with Gasteiger partial charge in [-0.1, -0.05) is 0 Å². The van der Waals surface area contributed by atoms with Crippen LogP contribution in [0.3, 0.4) is 0 Å². The molecule has 0 radical (unpaired) electrons. The van der Waals surface area contributed by atoms with Crippen LogP contribution in [0.15, 0.2) is 0 Å². The highest BCUT2D eigenvalue weighted by Gasteiger charge is 2.71. The van der Waals surface area contributed by atoms with Crippen molar-refractivity contribution < 1.29 is 242 Å². The Morgan fingerprint density at radius 2 is 0.889 bits per heavy atom. The predicted octanol–water partition coefficient (Wildman–Crippen LogP) is -1.15. The van der Waals surface area contributed by atoms with Crippen molar-refractivity contribution in [3.8, 4) is 0 Å². The average molecular weight is 2060 g/mol. The minimum atomic E-state index is -5.29. The van der Waals surface area contributed by atoms with E-state index < -0.39 is 261 Å². The van der Waals surface area contributed by atoms with Crippen LogP contribution in [0.25, 0.3) is 0 Å². The lowest BCUT2D eigenvalue weighted by Crippen LogP contribution is -2.76. The van der Waals surface area contributed by atoms with Crippen LogP contribution in [0.2, 0.25) is 42.3 Å². The van der Waals surface area contributed by atoms with Gasteiger partial charge in [0, 0.05) is 172 Å². The molecule has 3 aliphatic rings. The van der Waals surface area contributed by atoms with E-state index in [1.165, 1.54) is 71.1 Å². The van der Waals surface area contributed by atoms with E-state index in [4.69, 9.17) is 136 Å². The second-order valence-electron chi connectivity index (χ2n) is 28.7. The van der Waals surface area contributed by atoms with Gasteiger partial charge in [-0.15, -0.1) is 0 Å². The number of carbonyl (C=O) groups excluding carboxylic acids is 5. The normalized spacial score (nSPS) is 25.0. The molecule has 3 fully saturated rings. The molecule has 0 aliphatic carbocycles. The lowest BCUT2D eigenvalue weighted by atomic mass is 10.0. The molecule has 126 heavy (non-hydrogen) atoms. The maximum atomic E-state index is 14.3. The zero-order valence-electron chi connectivity index (χ0n) is 72.3. The second kappa shape index (κ2) is 59.5. The molecule has 11 unspecified atom stereocenters. The first-order valence-electron chi connectivity index (χ1n) is 39.5. The molecule has 0 amide bonds. The first kappa shape index (κ1) is 119. The fourth-order valence-electron chi connectivity index (χ4n) is 12.0. The third-order valence-corrected chi connectivity index (χ3v) is 47.2. The molecule has 0 spiro atoms. The highest BCUT2D eigenvalue weighted by molar-refractivity contribution is 7.54. The molecule has 64 heteroatoms. The third kappa shape index (κ3) is 50.4. The Morgan fingerprint density at radius 1 is 0.437 bits per heavy atom. The summed E-state index contributed by atoms with van der Waals surface area (Å²) in [5, 5.41) is 22.7. The van der Waals surface area contributed by atoms with E-state index in [0.717, 1.165) is 0 Å². The lowest BCUT2D eigenvalue weighted by Gasteiger charge is -2.51. The van der Waals surface area contributed by atoms with Crippen molar-refractivity contribution in [1.29, 1.82) is 0 Å². The Hall–Kier alpha value is -1.46. The van der Waals surface area contributed by atoms with Crippen LogP contribution in [0, 0.1) is 5.92 Å². The topological polar surface area (TPSA) is 690 Å². The van der Waals surface area contributed by atoms with Gasteiger partial charge in [-0.05, 0) is 51.4 Å². The summed E-state index contributed by atoms with van der Waals surface area (Å²) < 4.78 is 242. The van der Waals surface area contributed by atoms with Gasteiger partial charge in [0.2, 0.25) is 0 Å². The van der Waals surface area contributed by atoms with Gasteiger partial charge in [-0.25, -0.2) is 0 Å². The predicted molar refractivity (Wildman–Crippen MR) is 440 cm³/mol. The van der Waals surface area contributed by atoms with Gasteiger partial charge < -0.3 is 195 Å². The summed E-state index contributed by atoms with van der Waals surface area (Å²) in [7, 11) is -43.4. The number of fused-ring (bicyclic) bond motifs is 2. The van der Waals surface area contributed by atoms with Gasteiger partial charge in [-0.3, -0.25) is 46.8 Å². The Morgan fingerprint density at radius 3 is 1.41 bits per heavy atom. The van der Waals surface area contributed by atoms with Crippen LogP contribution in [-0.4, -0.2) is 421 Å². The van der Waals surface area contributed by atoms with Crippen molar-refractivity contribution in [3.63, 3.8) is 0 Å². The van der Waals surface area contributed by atoms with Crippen molar-refractivity contribution in [3.05, 3.63) is 0 Å². The van der Waals surface area contributed by atoms with Gasteiger partial charge in [-0.2, -0.15) is 0 Å². The highest BCUT2D eigenvalue weighted by Crippen LogP contribution is 2.45.